The van der Waals surface area contributed by atoms with Crippen LogP contribution in [0.5, 0.6) is 0 Å². The standard InChI is InChI=1S/C13H21N3S/c1-4-6-8-16(9-7-5-2)13(17-3)12(10-14)11-15/h4-9H2,1-3H3. The quantitative estimate of drug-likeness (QED) is 0.619. The molecule has 0 radical (unpaired) electrons. The fourth-order valence-electron chi connectivity index (χ4n) is 1.52. The summed E-state index contributed by atoms with van der Waals surface area (Å²) in [7, 11) is 0. The number of thioether (sulfide) groups is 1. The summed E-state index contributed by atoms with van der Waals surface area (Å²) in [6.07, 6.45) is 6.36. The van der Waals surface area contributed by atoms with Gasteiger partial charge in [-0.15, -0.1) is 11.8 Å². The number of hydrogen-bond donors (Lipinski definition) is 0. The number of rotatable bonds is 8. The minimum atomic E-state index is 0.240. The lowest BCUT2D eigenvalue weighted by atomic mass is 10.2. The predicted molar refractivity (Wildman–Crippen MR) is 73.2 cm³/mol. The van der Waals surface area contributed by atoms with E-state index in [0.29, 0.717) is 0 Å². The zero-order chi connectivity index (χ0) is 13.1. The van der Waals surface area contributed by atoms with Gasteiger partial charge in [-0.3, -0.25) is 0 Å². The van der Waals surface area contributed by atoms with Crippen molar-refractivity contribution in [1.82, 2.24) is 4.90 Å². The molecule has 0 aliphatic carbocycles. The summed E-state index contributed by atoms with van der Waals surface area (Å²) in [5.74, 6) is 0. The second-order valence-electron chi connectivity index (χ2n) is 3.80. The molecule has 0 aromatic heterocycles. The van der Waals surface area contributed by atoms with Gasteiger partial charge in [0.25, 0.3) is 0 Å². The fraction of sp³-hybridized carbons (Fsp3) is 0.692. The van der Waals surface area contributed by atoms with Crippen molar-refractivity contribution < 1.29 is 0 Å². The van der Waals surface area contributed by atoms with Crippen molar-refractivity contribution in [2.45, 2.75) is 39.5 Å². The van der Waals surface area contributed by atoms with Crippen LogP contribution in [0.15, 0.2) is 10.6 Å². The maximum absolute atomic E-state index is 8.96. The van der Waals surface area contributed by atoms with Gasteiger partial charge in [0.1, 0.15) is 12.1 Å². The predicted octanol–water partition coefficient (Wildman–Crippen LogP) is 3.51. The van der Waals surface area contributed by atoms with E-state index in [9.17, 15) is 0 Å². The summed E-state index contributed by atoms with van der Waals surface area (Å²) in [6.45, 7) is 6.16. The third kappa shape index (κ3) is 5.65. The molecule has 17 heavy (non-hydrogen) atoms. The lowest BCUT2D eigenvalue weighted by Gasteiger charge is -2.26. The number of nitrogens with zero attached hydrogens (tertiary/aromatic N) is 3. The summed E-state index contributed by atoms with van der Waals surface area (Å²) < 4.78 is 0. The van der Waals surface area contributed by atoms with Crippen molar-refractivity contribution in [3.05, 3.63) is 10.6 Å². The lowest BCUT2D eigenvalue weighted by Crippen LogP contribution is -2.25. The lowest BCUT2D eigenvalue weighted by molar-refractivity contribution is 0.351. The zero-order valence-electron chi connectivity index (χ0n) is 11.0. The number of nitriles is 2. The normalized spacial score (nSPS) is 9.24. The minimum absolute atomic E-state index is 0.240. The summed E-state index contributed by atoms with van der Waals surface area (Å²) in [5.41, 5.74) is 0.240. The van der Waals surface area contributed by atoms with Gasteiger partial charge in [0, 0.05) is 13.1 Å². The molecule has 0 fully saturated rings. The molecule has 0 aromatic rings. The Bertz CT molecular complexity index is 299. The van der Waals surface area contributed by atoms with Gasteiger partial charge >= 0.3 is 0 Å². The van der Waals surface area contributed by atoms with Crippen molar-refractivity contribution in [3.8, 4) is 12.1 Å². The van der Waals surface area contributed by atoms with E-state index in [1.807, 2.05) is 18.4 Å². The Morgan fingerprint density at radius 1 is 1.06 bits per heavy atom. The maximum atomic E-state index is 8.96. The van der Waals surface area contributed by atoms with Crippen LogP contribution in [0, 0.1) is 22.7 Å². The highest BCUT2D eigenvalue weighted by atomic mass is 32.2. The Labute approximate surface area is 109 Å². The third-order valence-electron chi connectivity index (χ3n) is 2.48. The van der Waals surface area contributed by atoms with Crippen LogP contribution in [-0.2, 0) is 0 Å². The summed E-state index contributed by atoms with van der Waals surface area (Å²) in [6, 6.07) is 3.98. The molecule has 0 saturated heterocycles. The second kappa shape index (κ2) is 10.1. The molecule has 0 unspecified atom stereocenters. The maximum Gasteiger partial charge on any atom is 0.159 e. The van der Waals surface area contributed by atoms with Gasteiger partial charge in [-0.25, -0.2) is 0 Å². The summed E-state index contributed by atoms with van der Waals surface area (Å²) >= 11 is 1.50. The molecular weight excluding hydrogens is 230 g/mol. The van der Waals surface area contributed by atoms with Gasteiger partial charge in [-0.2, -0.15) is 10.5 Å². The molecule has 0 N–H and O–H groups in total. The molecule has 0 saturated carbocycles. The molecule has 0 bridgehead atoms. The molecular formula is C13H21N3S. The van der Waals surface area contributed by atoms with Crippen LogP contribution in [0.2, 0.25) is 0 Å². The van der Waals surface area contributed by atoms with Crippen LogP contribution in [0.4, 0.5) is 0 Å². The van der Waals surface area contributed by atoms with Crippen molar-refractivity contribution in [2.24, 2.45) is 0 Å². The first-order valence-corrected chi connectivity index (χ1v) is 7.30. The SMILES string of the molecule is CCCCN(CCCC)C(SC)=C(C#N)C#N. The molecule has 0 rings (SSSR count). The zero-order valence-corrected chi connectivity index (χ0v) is 11.8. The Morgan fingerprint density at radius 2 is 1.53 bits per heavy atom. The van der Waals surface area contributed by atoms with Crippen LogP contribution in [0.1, 0.15) is 39.5 Å². The molecule has 0 aromatic carbocycles. The van der Waals surface area contributed by atoms with E-state index in [-0.39, 0.29) is 5.57 Å². The van der Waals surface area contributed by atoms with Crippen LogP contribution in [0.3, 0.4) is 0 Å². The van der Waals surface area contributed by atoms with Gasteiger partial charge in [0.05, 0.1) is 5.03 Å². The molecule has 0 spiro atoms. The van der Waals surface area contributed by atoms with E-state index in [0.717, 1.165) is 43.8 Å². The molecule has 94 valence electrons. The van der Waals surface area contributed by atoms with Gasteiger partial charge < -0.3 is 4.90 Å². The summed E-state index contributed by atoms with van der Waals surface area (Å²) in [5, 5.41) is 18.7. The first kappa shape index (κ1) is 15.9. The molecule has 4 heteroatoms. The first-order chi connectivity index (χ1) is 8.24. The van der Waals surface area contributed by atoms with Crippen molar-refractivity contribution in [2.75, 3.05) is 19.3 Å². The van der Waals surface area contributed by atoms with Gasteiger partial charge in [-0.05, 0) is 19.1 Å². The van der Waals surface area contributed by atoms with Crippen molar-refractivity contribution >= 4 is 11.8 Å². The van der Waals surface area contributed by atoms with Gasteiger partial charge in [-0.1, -0.05) is 26.7 Å². The summed E-state index contributed by atoms with van der Waals surface area (Å²) in [4.78, 5) is 2.18. The topological polar surface area (TPSA) is 50.8 Å². The van der Waals surface area contributed by atoms with E-state index in [1.54, 1.807) is 0 Å². The second-order valence-corrected chi connectivity index (χ2v) is 4.60. The van der Waals surface area contributed by atoms with Crippen LogP contribution in [0.25, 0.3) is 0 Å². The highest BCUT2D eigenvalue weighted by molar-refractivity contribution is 8.02. The van der Waals surface area contributed by atoms with E-state index < -0.39 is 0 Å². The molecule has 0 heterocycles. The number of allylic oxidation sites excluding steroid dienone is 1. The van der Waals surface area contributed by atoms with E-state index in [1.165, 1.54) is 11.8 Å². The molecule has 0 atom stereocenters. The monoisotopic (exact) mass is 251 g/mol. The Balaban J connectivity index is 4.91. The van der Waals surface area contributed by atoms with Crippen LogP contribution in [-0.4, -0.2) is 24.2 Å². The Hall–Kier alpha value is -1.13. The van der Waals surface area contributed by atoms with Crippen LogP contribution < -0.4 is 0 Å². The molecule has 3 nitrogen and oxygen atoms in total. The smallest absolute Gasteiger partial charge is 0.159 e. The first-order valence-electron chi connectivity index (χ1n) is 6.08. The van der Waals surface area contributed by atoms with E-state index in [4.69, 9.17) is 10.5 Å². The largest absolute Gasteiger partial charge is 0.365 e. The van der Waals surface area contributed by atoms with E-state index >= 15 is 0 Å². The Morgan fingerprint density at radius 3 is 1.82 bits per heavy atom. The average molecular weight is 251 g/mol. The Kier molecular flexibility index (Phi) is 9.38. The number of unbranched alkanes of at least 4 members (excludes halogenated alkanes) is 2. The molecule has 0 amide bonds. The van der Waals surface area contributed by atoms with Crippen molar-refractivity contribution in [3.63, 3.8) is 0 Å². The fourth-order valence-corrected chi connectivity index (χ4v) is 2.26. The highest BCUT2D eigenvalue weighted by Crippen LogP contribution is 2.22. The highest BCUT2D eigenvalue weighted by Gasteiger charge is 2.13. The third-order valence-corrected chi connectivity index (χ3v) is 3.33. The number of hydrogen-bond acceptors (Lipinski definition) is 4. The van der Waals surface area contributed by atoms with Gasteiger partial charge in [0.15, 0.2) is 5.57 Å². The van der Waals surface area contributed by atoms with E-state index in [2.05, 4.69) is 18.7 Å². The minimum Gasteiger partial charge on any atom is -0.365 e. The molecule has 0 aliphatic heterocycles. The van der Waals surface area contributed by atoms with Gasteiger partial charge in [0.2, 0.25) is 0 Å². The molecule has 0 aliphatic rings. The van der Waals surface area contributed by atoms with Crippen molar-refractivity contribution in [1.29, 1.82) is 10.5 Å². The average Bonchev–Trinajstić information content (AvgIpc) is 2.37. The van der Waals surface area contributed by atoms with Crippen LogP contribution >= 0.6 is 11.8 Å².